The molecule has 2 nitrogen and oxygen atoms in total. The summed E-state index contributed by atoms with van der Waals surface area (Å²) in [7, 11) is 1.31. The van der Waals surface area contributed by atoms with Crippen LogP contribution in [-0.4, -0.2) is 13.1 Å². The third-order valence-electron chi connectivity index (χ3n) is 1.98. The molecule has 0 aliphatic rings. The maximum Gasteiger partial charge on any atom is 0.310 e. The van der Waals surface area contributed by atoms with Gasteiger partial charge in [0, 0.05) is 0 Å². The van der Waals surface area contributed by atoms with Gasteiger partial charge in [0.05, 0.1) is 18.0 Å². The zero-order valence-electron chi connectivity index (χ0n) is 7.93. The minimum Gasteiger partial charge on any atom is -0.469 e. The predicted molar refractivity (Wildman–Crippen MR) is 54.6 cm³/mol. The molecule has 1 rings (SSSR count). The van der Waals surface area contributed by atoms with Crippen LogP contribution in [0.15, 0.2) is 16.6 Å². The Kier molecular flexibility index (Phi) is 3.63. The highest BCUT2D eigenvalue weighted by Gasteiger charge is 2.12. The molecule has 14 heavy (non-hydrogen) atoms. The number of hydrogen-bond acceptors (Lipinski definition) is 2. The summed E-state index contributed by atoms with van der Waals surface area (Å²) in [5.41, 5.74) is 1.50. The second-order valence-corrected chi connectivity index (χ2v) is 3.70. The predicted octanol–water partition coefficient (Wildman–Crippen LogP) is 2.61. The van der Waals surface area contributed by atoms with E-state index in [0.717, 1.165) is 5.56 Å². The lowest BCUT2D eigenvalue weighted by molar-refractivity contribution is -0.139. The van der Waals surface area contributed by atoms with E-state index in [9.17, 15) is 9.18 Å². The number of methoxy groups -OCH3 is 1. The average Bonchev–Trinajstić information content (AvgIpc) is 2.18. The van der Waals surface area contributed by atoms with E-state index in [2.05, 4.69) is 20.7 Å². The number of carbonyl (C=O) groups excluding carboxylic acids is 1. The van der Waals surface area contributed by atoms with Crippen LogP contribution in [0.5, 0.6) is 0 Å². The zero-order chi connectivity index (χ0) is 10.7. The van der Waals surface area contributed by atoms with Crippen LogP contribution in [0.2, 0.25) is 0 Å². The van der Waals surface area contributed by atoms with Gasteiger partial charge in [0.2, 0.25) is 0 Å². The van der Waals surface area contributed by atoms with E-state index in [-0.39, 0.29) is 18.2 Å². The van der Waals surface area contributed by atoms with Gasteiger partial charge >= 0.3 is 5.97 Å². The molecule has 0 N–H and O–H groups in total. The van der Waals surface area contributed by atoms with Crippen LogP contribution >= 0.6 is 15.9 Å². The van der Waals surface area contributed by atoms with Gasteiger partial charge in [-0.3, -0.25) is 4.79 Å². The number of hydrogen-bond donors (Lipinski definition) is 0. The number of esters is 1. The highest BCUT2D eigenvalue weighted by molar-refractivity contribution is 9.10. The van der Waals surface area contributed by atoms with E-state index in [1.165, 1.54) is 13.2 Å². The van der Waals surface area contributed by atoms with E-state index >= 15 is 0 Å². The molecule has 0 aliphatic carbocycles. The largest absolute Gasteiger partial charge is 0.469 e. The lowest BCUT2D eigenvalue weighted by Gasteiger charge is -2.07. The summed E-state index contributed by atoms with van der Waals surface area (Å²) in [6.45, 7) is 1.82. The van der Waals surface area contributed by atoms with Crippen molar-refractivity contribution >= 4 is 21.9 Å². The molecule has 0 aromatic heterocycles. The van der Waals surface area contributed by atoms with Crippen LogP contribution in [0, 0.1) is 12.7 Å². The Morgan fingerprint density at radius 1 is 1.57 bits per heavy atom. The Hall–Kier alpha value is -0.900. The number of ether oxygens (including phenoxy) is 1. The Bertz CT molecular complexity index is 363. The molecule has 0 saturated heterocycles. The Morgan fingerprint density at radius 3 is 2.79 bits per heavy atom. The standard InChI is InChI=1S/C10H10BrFO2/c1-6-3-4-8(12)10(11)7(6)5-9(13)14-2/h3-4H,5H2,1-2H3. The number of aryl methyl sites for hydroxylation is 1. The highest BCUT2D eigenvalue weighted by atomic mass is 79.9. The van der Waals surface area contributed by atoms with Gasteiger partial charge < -0.3 is 4.74 Å². The third kappa shape index (κ3) is 2.32. The van der Waals surface area contributed by atoms with E-state index in [4.69, 9.17) is 0 Å². The summed E-state index contributed by atoms with van der Waals surface area (Å²) in [5, 5.41) is 0. The first-order valence-corrected chi connectivity index (χ1v) is 4.86. The van der Waals surface area contributed by atoms with Crippen LogP contribution < -0.4 is 0 Å². The topological polar surface area (TPSA) is 26.3 Å². The van der Waals surface area contributed by atoms with Crippen LogP contribution in [0.1, 0.15) is 11.1 Å². The fraction of sp³-hybridized carbons (Fsp3) is 0.300. The summed E-state index contributed by atoms with van der Waals surface area (Å²) in [6, 6.07) is 3.00. The van der Waals surface area contributed by atoms with Gasteiger partial charge in [-0.1, -0.05) is 6.07 Å². The van der Waals surface area contributed by atoms with Crippen molar-refractivity contribution in [3.63, 3.8) is 0 Å². The van der Waals surface area contributed by atoms with Crippen LogP contribution in [0.3, 0.4) is 0 Å². The fourth-order valence-electron chi connectivity index (χ4n) is 1.12. The molecule has 0 bridgehead atoms. The van der Waals surface area contributed by atoms with Gasteiger partial charge in [0.25, 0.3) is 0 Å². The minimum atomic E-state index is -0.376. The molecule has 0 aliphatic heterocycles. The smallest absolute Gasteiger partial charge is 0.310 e. The first-order chi connectivity index (χ1) is 6.56. The molecule has 1 aromatic carbocycles. The molecular weight excluding hydrogens is 251 g/mol. The molecule has 0 saturated carbocycles. The fourth-order valence-corrected chi connectivity index (χ4v) is 1.71. The van der Waals surface area contributed by atoms with Crippen molar-refractivity contribution in [1.82, 2.24) is 0 Å². The lowest BCUT2D eigenvalue weighted by Crippen LogP contribution is -2.07. The molecule has 0 amide bonds. The maximum absolute atomic E-state index is 13.1. The van der Waals surface area contributed by atoms with E-state index in [0.29, 0.717) is 10.0 Å². The number of carbonyl (C=O) groups is 1. The van der Waals surface area contributed by atoms with E-state index in [1.807, 2.05) is 6.92 Å². The summed E-state index contributed by atoms with van der Waals surface area (Å²) >= 11 is 3.11. The molecular formula is C10H10BrFO2. The van der Waals surface area contributed by atoms with E-state index < -0.39 is 0 Å². The van der Waals surface area contributed by atoms with Gasteiger partial charge in [0.15, 0.2) is 0 Å². The average molecular weight is 261 g/mol. The molecule has 0 atom stereocenters. The van der Waals surface area contributed by atoms with Crippen molar-refractivity contribution in [1.29, 1.82) is 0 Å². The van der Waals surface area contributed by atoms with Crippen LogP contribution in [0.4, 0.5) is 4.39 Å². The second-order valence-electron chi connectivity index (χ2n) is 2.91. The van der Waals surface area contributed by atoms with Crippen LogP contribution in [0.25, 0.3) is 0 Å². The second kappa shape index (κ2) is 4.55. The Labute approximate surface area is 90.2 Å². The number of benzene rings is 1. The molecule has 1 aromatic rings. The monoisotopic (exact) mass is 260 g/mol. The first-order valence-electron chi connectivity index (χ1n) is 4.06. The summed E-state index contributed by atoms with van der Waals surface area (Å²) in [6.07, 6.45) is 0.0840. The van der Waals surface area contributed by atoms with E-state index in [1.54, 1.807) is 6.07 Å². The zero-order valence-corrected chi connectivity index (χ0v) is 9.52. The lowest BCUT2D eigenvalue weighted by atomic mass is 10.1. The third-order valence-corrected chi connectivity index (χ3v) is 2.84. The normalized spacial score (nSPS) is 10.0. The van der Waals surface area contributed by atoms with Crippen molar-refractivity contribution in [3.05, 3.63) is 33.5 Å². The molecule has 4 heteroatoms. The quantitative estimate of drug-likeness (QED) is 0.765. The SMILES string of the molecule is COC(=O)Cc1c(C)ccc(F)c1Br. The van der Waals surface area contributed by atoms with Gasteiger partial charge in [-0.25, -0.2) is 4.39 Å². The Morgan fingerprint density at radius 2 is 2.21 bits per heavy atom. The highest BCUT2D eigenvalue weighted by Crippen LogP contribution is 2.24. The van der Waals surface area contributed by atoms with Crippen molar-refractivity contribution in [2.75, 3.05) is 7.11 Å². The van der Waals surface area contributed by atoms with Crippen LogP contribution in [-0.2, 0) is 16.0 Å². The molecule has 76 valence electrons. The molecule has 0 spiro atoms. The van der Waals surface area contributed by atoms with Gasteiger partial charge in [0.1, 0.15) is 5.82 Å². The van der Waals surface area contributed by atoms with Crippen molar-refractivity contribution in [2.45, 2.75) is 13.3 Å². The summed E-state index contributed by atoms with van der Waals surface area (Å²) < 4.78 is 18.0. The van der Waals surface area contributed by atoms with Gasteiger partial charge in [-0.05, 0) is 40.0 Å². The molecule has 0 fully saturated rings. The van der Waals surface area contributed by atoms with Crippen molar-refractivity contribution < 1.29 is 13.9 Å². The van der Waals surface area contributed by atoms with Crippen molar-refractivity contribution in [3.8, 4) is 0 Å². The maximum atomic E-state index is 13.1. The molecule has 0 heterocycles. The molecule has 0 unspecified atom stereocenters. The molecule has 0 radical (unpaired) electrons. The van der Waals surface area contributed by atoms with Crippen molar-refractivity contribution in [2.24, 2.45) is 0 Å². The number of halogens is 2. The Balaban J connectivity index is 3.06. The minimum absolute atomic E-state index is 0.0840. The van der Waals surface area contributed by atoms with Gasteiger partial charge in [-0.2, -0.15) is 0 Å². The first kappa shape index (κ1) is 11.2. The summed E-state index contributed by atoms with van der Waals surface area (Å²) in [4.78, 5) is 11.0. The van der Waals surface area contributed by atoms with Gasteiger partial charge in [-0.15, -0.1) is 0 Å². The number of rotatable bonds is 2. The summed E-state index contributed by atoms with van der Waals surface area (Å²) in [5.74, 6) is -0.742.